The zero-order valence-electron chi connectivity index (χ0n) is 13.6. The summed E-state index contributed by atoms with van der Waals surface area (Å²) in [4.78, 5) is 25.0. The van der Waals surface area contributed by atoms with E-state index in [0.717, 1.165) is 41.6 Å². The molecule has 2 bridgehead atoms. The Bertz CT molecular complexity index is 920. The molecular weight excluding hydrogens is 330 g/mol. The van der Waals surface area contributed by atoms with Crippen molar-refractivity contribution in [2.75, 3.05) is 0 Å². The Labute approximate surface area is 150 Å². The molecule has 0 aliphatic carbocycles. The van der Waals surface area contributed by atoms with Crippen molar-refractivity contribution in [1.29, 1.82) is 0 Å². The van der Waals surface area contributed by atoms with E-state index in [1.54, 1.807) is 17.7 Å². The third kappa shape index (κ3) is 2.38. The van der Waals surface area contributed by atoms with E-state index in [9.17, 15) is 4.79 Å². The van der Waals surface area contributed by atoms with E-state index in [4.69, 9.17) is 0 Å². The van der Waals surface area contributed by atoms with Crippen LogP contribution in [0.3, 0.4) is 0 Å². The van der Waals surface area contributed by atoms with Crippen molar-refractivity contribution in [2.45, 2.75) is 31.3 Å². The number of aromatic nitrogens is 2. The maximum absolute atomic E-state index is 13.2. The number of carbonyl (C=O) groups excluding carboxylic acids is 1. The highest BCUT2D eigenvalue weighted by molar-refractivity contribution is 7.13. The van der Waals surface area contributed by atoms with Gasteiger partial charge in [-0.15, -0.1) is 11.3 Å². The molecule has 5 rings (SSSR count). The van der Waals surface area contributed by atoms with Crippen LogP contribution >= 0.6 is 11.3 Å². The SMILES string of the molecule is O=C(c1ccc(-c2cccs2)cc1)N1[C@H]2CC[C@H]1c1cncnc1C2. The maximum Gasteiger partial charge on any atom is 0.254 e. The summed E-state index contributed by atoms with van der Waals surface area (Å²) in [6.07, 6.45) is 6.38. The van der Waals surface area contributed by atoms with Gasteiger partial charge in [0.1, 0.15) is 6.33 Å². The molecule has 1 fully saturated rings. The first-order valence-corrected chi connectivity index (χ1v) is 9.44. The van der Waals surface area contributed by atoms with Gasteiger partial charge in [-0.25, -0.2) is 9.97 Å². The van der Waals surface area contributed by atoms with Crippen molar-refractivity contribution < 1.29 is 4.79 Å². The molecule has 4 heterocycles. The lowest BCUT2D eigenvalue weighted by Gasteiger charge is -2.35. The minimum Gasteiger partial charge on any atom is -0.328 e. The van der Waals surface area contributed by atoms with Crippen LogP contribution in [0, 0.1) is 0 Å². The molecule has 2 atom stereocenters. The highest BCUT2D eigenvalue weighted by atomic mass is 32.1. The Morgan fingerprint density at radius 2 is 2.04 bits per heavy atom. The standard InChI is InChI=1S/C20H17N3OS/c24-20(14-5-3-13(4-6-14)19-2-1-9-25-19)23-15-7-8-18(23)16-11-21-12-22-17(16)10-15/h1-6,9,11-12,15,18H,7-8,10H2/t15-,18-/m0/s1. The molecular formula is C20H17N3OS. The molecule has 124 valence electrons. The largest absolute Gasteiger partial charge is 0.328 e. The van der Waals surface area contributed by atoms with Crippen LogP contribution in [-0.4, -0.2) is 26.8 Å². The Hall–Kier alpha value is -2.53. The van der Waals surface area contributed by atoms with Gasteiger partial charge in [-0.2, -0.15) is 0 Å². The van der Waals surface area contributed by atoms with Crippen molar-refractivity contribution >= 4 is 17.2 Å². The van der Waals surface area contributed by atoms with Gasteiger partial charge in [0.2, 0.25) is 0 Å². The topological polar surface area (TPSA) is 46.1 Å². The van der Waals surface area contributed by atoms with Crippen molar-refractivity contribution in [3.05, 3.63) is 71.1 Å². The van der Waals surface area contributed by atoms with Crippen LogP contribution in [0.25, 0.3) is 10.4 Å². The number of benzene rings is 1. The van der Waals surface area contributed by atoms with Gasteiger partial charge in [0.05, 0.1) is 11.7 Å². The highest BCUT2D eigenvalue weighted by Gasteiger charge is 2.43. The van der Waals surface area contributed by atoms with E-state index in [1.807, 2.05) is 36.5 Å². The van der Waals surface area contributed by atoms with Gasteiger partial charge in [0.15, 0.2) is 0 Å². The fourth-order valence-corrected chi connectivity index (χ4v) is 4.84. The van der Waals surface area contributed by atoms with Gasteiger partial charge in [-0.1, -0.05) is 18.2 Å². The summed E-state index contributed by atoms with van der Waals surface area (Å²) in [7, 11) is 0. The van der Waals surface area contributed by atoms with Gasteiger partial charge >= 0.3 is 0 Å². The van der Waals surface area contributed by atoms with Crippen LogP contribution in [0.5, 0.6) is 0 Å². The average molecular weight is 347 g/mol. The third-order valence-electron chi connectivity index (χ3n) is 5.29. The van der Waals surface area contributed by atoms with Crippen LogP contribution in [0.1, 0.15) is 40.5 Å². The summed E-state index contributed by atoms with van der Waals surface area (Å²) in [5.41, 5.74) is 4.16. The van der Waals surface area contributed by atoms with Gasteiger partial charge in [0.25, 0.3) is 5.91 Å². The van der Waals surface area contributed by atoms with E-state index >= 15 is 0 Å². The summed E-state index contributed by atoms with van der Waals surface area (Å²) in [6.45, 7) is 0. The fraction of sp³-hybridized carbons (Fsp3) is 0.250. The number of thiophene rings is 1. The van der Waals surface area contributed by atoms with Gasteiger partial charge in [0, 0.05) is 34.7 Å². The molecule has 0 spiro atoms. The molecule has 0 unspecified atom stereocenters. The summed E-state index contributed by atoms with van der Waals surface area (Å²) >= 11 is 1.71. The minimum atomic E-state index is 0.124. The number of hydrogen-bond donors (Lipinski definition) is 0. The molecule has 0 N–H and O–H groups in total. The molecule has 1 saturated heterocycles. The first kappa shape index (κ1) is 14.8. The van der Waals surface area contributed by atoms with Crippen molar-refractivity contribution in [1.82, 2.24) is 14.9 Å². The Kier molecular flexibility index (Phi) is 3.41. The van der Waals surface area contributed by atoms with E-state index in [1.165, 1.54) is 4.88 Å². The van der Waals surface area contributed by atoms with Crippen LogP contribution in [0.4, 0.5) is 0 Å². The monoisotopic (exact) mass is 347 g/mol. The predicted octanol–water partition coefficient (Wildman–Crippen LogP) is 4.11. The van der Waals surface area contributed by atoms with Crippen LogP contribution in [0.2, 0.25) is 0 Å². The van der Waals surface area contributed by atoms with E-state index in [2.05, 4.69) is 26.3 Å². The normalized spacial score (nSPS) is 21.2. The maximum atomic E-state index is 13.2. The second-order valence-corrected chi connectivity index (χ2v) is 7.59. The van der Waals surface area contributed by atoms with E-state index < -0.39 is 0 Å². The second kappa shape index (κ2) is 5.77. The van der Waals surface area contributed by atoms with Gasteiger partial charge in [-0.05, 0) is 42.0 Å². The molecule has 0 radical (unpaired) electrons. The summed E-state index contributed by atoms with van der Waals surface area (Å²) in [5.74, 6) is 0.125. The number of carbonyl (C=O) groups is 1. The van der Waals surface area contributed by atoms with Crippen LogP contribution in [0.15, 0.2) is 54.3 Å². The van der Waals surface area contributed by atoms with Crippen molar-refractivity contribution in [3.8, 4) is 10.4 Å². The Morgan fingerprint density at radius 1 is 1.16 bits per heavy atom. The molecule has 2 aliphatic heterocycles. The lowest BCUT2D eigenvalue weighted by molar-refractivity contribution is 0.0644. The van der Waals surface area contributed by atoms with Crippen molar-refractivity contribution in [3.63, 3.8) is 0 Å². The number of rotatable bonds is 2. The minimum absolute atomic E-state index is 0.124. The summed E-state index contributed by atoms with van der Waals surface area (Å²) in [5, 5.41) is 2.07. The number of amides is 1. The molecule has 1 aromatic carbocycles. The molecule has 3 aromatic rings. The first-order valence-electron chi connectivity index (χ1n) is 8.56. The first-order chi connectivity index (χ1) is 12.3. The number of fused-ring (bicyclic) bond motifs is 4. The third-order valence-corrected chi connectivity index (χ3v) is 6.21. The molecule has 4 nitrogen and oxygen atoms in total. The lowest BCUT2D eigenvalue weighted by Crippen LogP contribution is -2.42. The Morgan fingerprint density at radius 3 is 2.84 bits per heavy atom. The van der Waals surface area contributed by atoms with E-state index in [0.29, 0.717) is 0 Å². The predicted molar refractivity (Wildman–Crippen MR) is 97.4 cm³/mol. The van der Waals surface area contributed by atoms with Gasteiger partial charge in [-0.3, -0.25) is 4.79 Å². The fourth-order valence-electron chi connectivity index (χ4n) is 4.10. The average Bonchev–Trinajstić information content (AvgIpc) is 3.29. The zero-order valence-corrected chi connectivity index (χ0v) is 14.4. The molecule has 0 saturated carbocycles. The molecule has 2 aromatic heterocycles. The zero-order chi connectivity index (χ0) is 16.8. The van der Waals surface area contributed by atoms with Gasteiger partial charge < -0.3 is 4.90 Å². The Balaban J connectivity index is 1.45. The van der Waals surface area contributed by atoms with Crippen LogP contribution < -0.4 is 0 Å². The smallest absolute Gasteiger partial charge is 0.254 e. The number of nitrogens with zero attached hydrogens (tertiary/aromatic N) is 3. The van der Waals surface area contributed by atoms with Crippen LogP contribution in [-0.2, 0) is 6.42 Å². The summed E-state index contributed by atoms with van der Waals surface area (Å²) in [6, 6.07) is 12.5. The highest BCUT2D eigenvalue weighted by Crippen LogP contribution is 2.43. The number of hydrogen-bond acceptors (Lipinski definition) is 4. The lowest BCUT2D eigenvalue weighted by atomic mass is 9.98. The molecule has 1 amide bonds. The molecule has 5 heteroatoms. The summed E-state index contributed by atoms with van der Waals surface area (Å²) < 4.78 is 0. The second-order valence-electron chi connectivity index (χ2n) is 6.64. The quantitative estimate of drug-likeness (QED) is 0.701. The molecule has 25 heavy (non-hydrogen) atoms. The van der Waals surface area contributed by atoms with E-state index in [-0.39, 0.29) is 18.0 Å². The molecule has 2 aliphatic rings. The van der Waals surface area contributed by atoms with Crippen molar-refractivity contribution in [2.24, 2.45) is 0 Å².